The molecule has 0 spiro atoms. The molecule has 9 nitrogen and oxygen atoms in total. The topological polar surface area (TPSA) is 81.7 Å². The number of hydrogen-bond acceptors (Lipinski definition) is 7. The molecule has 2 fully saturated rings. The van der Waals surface area contributed by atoms with E-state index in [4.69, 9.17) is 10.8 Å². The number of ether oxygens (including phenoxy) is 2. The summed E-state index contributed by atoms with van der Waals surface area (Å²) < 4.78 is 107. The largest absolute Gasteiger partial charge is 0.479 e. The summed E-state index contributed by atoms with van der Waals surface area (Å²) in [7, 11) is 1.24. The van der Waals surface area contributed by atoms with Crippen molar-refractivity contribution in [2.24, 2.45) is 0 Å². The van der Waals surface area contributed by atoms with Crippen molar-refractivity contribution in [1.82, 2.24) is 29.0 Å². The second-order valence-electron chi connectivity index (χ2n) is 9.43. The van der Waals surface area contributed by atoms with Crippen LogP contribution >= 0.6 is 0 Å². The third-order valence-corrected chi connectivity index (χ3v) is 6.94. The van der Waals surface area contributed by atoms with Gasteiger partial charge in [0.2, 0.25) is 11.8 Å². The Kier molecular flexibility index (Phi) is 5.99. The second-order valence-corrected chi connectivity index (χ2v) is 9.43. The average Bonchev–Trinajstić information content (AvgIpc) is 3.42. The van der Waals surface area contributed by atoms with Gasteiger partial charge in [-0.2, -0.15) is 4.98 Å². The van der Waals surface area contributed by atoms with Crippen LogP contribution in [0.2, 0.25) is 0 Å². The third kappa shape index (κ3) is 4.52. The summed E-state index contributed by atoms with van der Waals surface area (Å²) in [5.41, 5.74) is -0.324. The molecule has 0 amide bonds. The predicted octanol–water partition coefficient (Wildman–Crippen LogP) is 3.82. The van der Waals surface area contributed by atoms with Crippen molar-refractivity contribution < 1.29 is 37.2 Å². The summed E-state index contributed by atoms with van der Waals surface area (Å²) in [4.78, 5) is 9.38. The van der Waals surface area contributed by atoms with E-state index in [2.05, 4.69) is 20.4 Å². The summed E-state index contributed by atoms with van der Waals surface area (Å²) in [6.45, 7) is -1.05. The number of aromatic nitrogens is 5. The Labute approximate surface area is 218 Å². The molecule has 5 heterocycles. The molecule has 3 aromatic heterocycles. The van der Waals surface area contributed by atoms with Gasteiger partial charge >= 0.3 is 0 Å². The number of likely N-dealkylation sites (tertiary alicyclic amines) is 1. The number of benzene rings is 1. The molecule has 2 aliphatic heterocycles. The number of alkyl halides is 4. The molecule has 39 heavy (non-hydrogen) atoms. The zero-order valence-electron chi connectivity index (χ0n) is 21.5. The lowest BCUT2D eigenvalue weighted by molar-refractivity contribution is -0.131. The van der Waals surface area contributed by atoms with Gasteiger partial charge in [-0.3, -0.25) is 4.90 Å². The molecular formula is C24H23F6N7O2. The first-order valence-corrected chi connectivity index (χ1v) is 12.0. The average molecular weight is 556 g/mol. The molecule has 208 valence electrons. The zero-order valence-corrected chi connectivity index (χ0v) is 20.5. The van der Waals surface area contributed by atoms with Crippen LogP contribution in [0.5, 0.6) is 5.88 Å². The minimum atomic E-state index is -3.24. The minimum absolute atomic E-state index is 0.00757. The Balaban J connectivity index is 1.35. The van der Waals surface area contributed by atoms with Crippen LogP contribution in [0.4, 0.5) is 32.3 Å². The fraction of sp³-hybridized carbons (Fsp3) is 0.458. The molecule has 0 aliphatic carbocycles. The van der Waals surface area contributed by atoms with Crippen molar-refractivity contribution >= 4 is 22.5 Å². The summed E-state index contributed by atoms with van der Waals surface area (Å²) in [6, 6.07) is -0.224. The first kappa shape index (κ1) is 24.5. The van der Waals surface area contributed by atoms with Gasteiger partial charge in [-0.25, -0.2) is 35.8 Å². The second kappa shape index (κ2) is 9.55. The highest BCUT2D eigenvalue weighted by Gasteiger charge is 2.47. The SMILES string of the molecule is [2H]C1(N2CCC(Nc3nc(OC)c4c(-c5cc(F)c6ncn(CC(F)F)c6c5)c(F)cn4n3)C(F)(F)C2)COC1. The van der Waals surface area contributed by atoms with Crippen molar-refractivity contribution in [3.05, 3.63) is 36.3 Å². The number of fused-ring (bicyclic) bond motifs is 2. The molecular weight excluding hydrogens is 532 g/mol. The zero-order chi connectivity index (χ0) is 28.4. The molecule has 1 N–H and O–H groups in total. The highest BCUT2D eigenvalue weighted by atomic mass is 19.3. The van der Waals surface area contributed by atoms with Gasteiger partial charge in [0.05, 0.1) is 70.4 Å². The summed E-state index contributed by atoms with van der Waals surface area (Å²) in [6.07, 6.45) is -0.715. The highest BCUT2D eigenvalue weighted by Crippen LogP contribution is 2.37. The lowest BCUT2D eigenvalue weighted by atomic mass is 9.98. The quantitative estimate of drug-likeness (QED) is 0.347. The van der Waals surface area contributed by atoms with Gasteiger partial charge in [0, 0.05) is 6.54 Å². The number of imidazole rings is 1. The normalized spacial score (nSPS) is 21.3. The van der Waals surface area contributed by atoms with E-state index in [9.17, 15) is 13.2 Å². The maximum Gasteiger partial charge on any atom is 0.280 e. The Bertz CT molecular complexity index is 1590. The van der Waals surface area contributed by atoms with Crippen LogP contribution in [0.25, 0.3) is 27.7 Å². The van der Waals surface area contributed by atoms with E-state index in [0.29, 0.717) is 0 Å². The van der Waals surface area contributed by atoms with E-state index < -0.39 is 49.1 Å². The van der Waals surface area contributed by atoms with Crippen LogP contribution in [0.15, 0.2) is 24.7 Å². The van der Waals surface area contributed by atoms with E-state index in [1.807, 2.05) is 0 Å². The molecule has 0 bridgehead atoms. The Morgan fingerprint density at radius 1 is 1.26 bits per heavy atom. The molecule has 0 radical (unpaired) electrons. The molecule has 1 aromatic carbocycles. The van der Waals surface area contributed by atoms with Gasteiger partial charge in [0.1, 0.15) is 11.0 Å². The number of anilines is 1. The highest BCUT2D eigenvalue weighted by molar-refractivity contribution is 5.90. The number of methoxy groups -OCH3 is 1. The van der Waals surface area contributed by atoms with Gasteiger partial charge < -0.3 is 19.4 Å². The minimum Gasteiger partial charge on any atom is -0.479 e. The Hall–Kier alpha value is -3.59. The first-order chi connectivity index (χ1) is 19.0. The van der Waals surface area contributed by atoms with E-state index in [-0.39, 0.29) is 65.7 Å². The van der Waals surface area contributed by atoms with E-state index in [1.54, 1.807) is 0 Å². The van der Waals surface area contributed by atoms with Crippen LogP contribution in [-0.4, -0.2) is 86.9 Å². The van der Waals surface area contributed by atoms with Crippen LogP contribution in [0.3, 0.4) is 0 Å². The number of halogens is 6. The maximum absolute atomic E-state index is 15.3. The summed E-state index contributed by atoms with van der Waals surface area (Å²) >= 11 is 0. The Morgan fingerprint density at radius 3 is 2.72 bits per heavy atom. The fourth-order valence-electron chi connectivity index (χ4n) is 4.98. The summed E-state index contributed by atoms with van der Waals surface area (Å²) in [5.74, 6) is -5.39. The van der Waals surface area contributed by atoms with Crippen molar-refractivity contribution in [3.8, 4) is 17.0 Å². The monoisotopic (exact) mass is 556 g/mol. The van der Waals surface area contributed by atoms with Crippen molar-refractivity contribution in [1.29, 1.82) is 0 Å². The summed E-state index contributed by atoms with van der Waals surface area (Å²) in [5, 5.41) is 6.75. The number of hydrogen-bond donors (Lipinski definition) is 1. The van der Waals surface area contributed by atoms with Gasteiger partial charge in [0.15, 0.2) is 11.6 Å². The van der Waals surface area contributed by atoms with E-state index in [0.717, 1.165) is 27.7 Å². The maximum atomic E-state index is 15.3. The lowest BCUT2D eigenvalue weighted by Gasteiger charge is -2.44. The number of nitrogens with one attached hydrogen (secondary N) is 1. The molecule has 1 unspecified atom stereocenters. The number of rotatable bonds is 7. The number of piperidine rings is 1. The lowest BCUT2D eigenvalue weighted by Crippen LogP contribution is -2.61. The van der Waals surface area contributed by atoms with Crippen LogP contribution in [-0.2, 0) is 11.3 Å². The van der Waals surface area contributed by atoms with E-state index in [1.165, 1.54) is 18.1 Å². The van der Waals surface area contributed by atoms with Crippen molar-refractivity contribution in [2.75, 3.05) is 38.7 Å². The van der Waals surface area contributed by atoms with Gasteiger partial charge in [0.25, 0.3) is 12.3 Å². The standard InChI is InChI=1S/C24H23F6N7O2/c1-38-22-21-19(12-4-14(25)20-16(5-12)36(11-31-20)7-18(27)28)15(26)6-37(21)34-23(33-22)32-17-2-3-35(10-24(17,29)30)13-8-39-9-13/h4-6,11,13,17-18H,2-3,7-10H2,1H3,(H,32,34)/i13D. The smallest absolute Gasteiger partial charge is 0.280 e. The molecule has 4 aromatic rings. The molecule has 2 aliphatic rings. The van der Waals surface area contributed by atoms with E-state index >= 15 is 13.2 Å². The molecule has 2 saturated heterocycles. The predicted molar refractivity (Wildman–Crippen MR) is 127 cm³/mol. The van der Waals surface area contributed by atoms with Crippen LogP contribution in [0.1, 0.15) is 7.79 Å². The number of nitrogens with zero attached hydrogens (tertiary/aromatic N) is 6. The molecule has 1 atom stereocenters. The molecule has 0 saturated carbocycles. The first-order valence-electron chi connectivity index (χ1n) is 12.5. The molecule has 15 heteroatoms. The van der Waals surface area contributed by atoms with Gasteiger partial charge in [-0.05, 0) is 24.1 Å². The third-order valence-electron chi connectivity index (χ3n) is 6.94. The fourth-order valence-corrected chi connectivity index (χ4v) is 4.98. The van der Waals surface area contributed by atoms with Crippen molar-refractivity contribution in [2.45, 2.75) is 37.4 Å². The van der Waals surface area contributed by atoms with Crippen LogP contribution < -0.4 is 10.1 Å². The van der Waals surface area contributed by atoms with Gasteiger partial charge in [-0.1, -0.05) is 0 Å². The Morgan fingerprint density at radius 2 is 2.05 bits per heavy atom. The molecule has 6 rings (SSSR count). The van der Waals surface area contributed by atoms with Crippen LogP contribution in [0, 0.1) is 11.6 Å². The van der Waals surface area contributed by atoms with Crippen molar-refractivity contribution in [3.63, 3.8) is 0 Å². The van der Waals surface area contributed by atoms with Gasteiger partial charge in [-0.15, -0.1) is 5.10 Å².